The average molecular weight is 311 g/mol. The van der Waals surface area contributed by atoms with Crippen molar-refractivity contribution >= 4 is 28.2 Å². The highest BCUT2D eigenvalue weighted by molar-refractivity contribution is 7.16. The summed E-state index contributed by atoms with van der Waals surface area (Å²) in [5.74, 6) is -0.385. The Labute approximate surface area is 128 Å². The monoisotopic (exact) mass is 311 g/mol. The van der Waals surface area contributed by atoms with E-state index in [0.29, 0.717) is 30.3 Å². The van der Waals surface area contributed by atoms with Gasteiger partial charge in [0.25, 0.3) is 11.8 Å². The Morgan fingerprint density at radius 2 is 2.33 bits per heavy atom. The van der Waals surface area contributed by atoms with Crippen LogP contribution in [0.1, 0.15) is 35.0 Å². The van der Waals surface area contributed by atoms with Crippen molar-refractivity contribution in [1.82, 2.24) is 5.32 Å². The Balaban J connectivity index is 2.11. The normalized spacial score (nSPS) is 17.7. The second kappa shape index (κ2) is 7.53. The molecule has 0 aromatic carbocycles. The molecule has 0 spiro atoms. The Morgan fingerprint density at radius 3 is 2.95 bits per heavy atom. The number of thiophene rings is 1. The molecule has 0 saturated carbocycles. The highest BCUT2D eigenvalue weighted by atomic mass is 32.1. The number of rotatable bonds is 6. The minimum Gasteiger partial charge on any atom is -0.368 e. The van der Waals surface area contributed by atoms with Crippen LogP contribution in [-0.4, -0.2) is 37.6 Å². The van der Waals surface area contributed by atoms with E-state index in [2.05, 4.69) is 10.6 Å². The second-order valence-electron chi connectivity index (χ2n) is 4.84. The van der Waals surface area contributed by atoms with E-state index in [1.165, 1.54) is 11.3 Å². The summed E-state index contributed by atoms with van der Waals surface area (Å²) in [5.41, 5.74) is 5.89. The number of carbonyl (C=O) groups excluding carboxylic acids is 2. The highest BCUT2D eigenvalue weighted by Gasteiger charge is 2.25. The first kappa shape index (κ1) is 15.9. The quantitative estimate of drug-likeness (QED) is 0.734. The largest absolute Gasteiger partial charge is 0.368 e. The van der Waals surface area contributed by atoms with Gasteiger partial charge in [0, 0.05) is 24.6 Å². The zero-order valence-electron chi connectivity index (χ0n) is 12.1. The molecule has 4 N–H and O–H groups in total. The van der Waals surface area contributed by atoms with Gasteiger partial charge < -0.3 is 21.1 Å². The van der Waals surface area contributed by atoms with Gasteiger partial charge in [0.2, 0.25) is 0 Å². The molecular formula is C14H21N3O3S. The van der Waals surface area contributed by atoms with Crippen molar-refractivity contribution in [2.24, 2.45) is 5.73 Å². The molecule has 2 amide bonds. The summed E-state index contributed by atoms with van der Waals surface area (Å²) in [4.78, 5) is 25.3. The Bertz CT molecular complexity index is 510. The number of hydrogen-bond donors (Lipinski definition) is 3. The minimum absolute atomic E-state index is 0.176. The number of amides is 2. The van der Waals surface area contributed by atoms with Gasteiger partial charge in [0.15, 0.2) is 0 Å². The van der Waals surface area contributed by atoms with Crippen LogP contribution in [0.3, 0.4) is 0 Å². The third-order valence-corrected chi connectivity index (χ3v) is 4.46. The first-order valence-corrected chi connectivity index (χ1v) is 8.00. The van der Waals surface area contributed by atoms with Crippen molar-refractivity contribution in [2.45, 2.75) is 32.3 Å². The van der Waals surface area contributed by atoms with Gasteiger partial charge >= 0.3 is 0 Å². The Kier molecular flexibility index (Phi) is 5.72. The zero-order valence-corrected chi connectivity index (χ0v) is 12.9. The van der Waals surface area contributed by atoms with Crippen molar-refractivity contribution in [3.8, 4) is 0 Å². The molecule has 1 aromatic heterocycles. The van der Waals surface area contributed by atoms with Crippen LogP contribution in [-0.2, 0) is 16.0 Å². The van der Waals surface area contributed by atoms with E-state index >= 15 is 0 Å². The smallest absolute Gasteiger partial charge is 0.254 e. The number of anilines is 1. The van der Waals surface area contributed by atoms with Gasteiger partial charge in [0.1, 0.15) is 11.1 Å². The lowest BCUT2D eigenvalue weighted by Crippen LogP contribution is -2.31. The number of hydrogen-bond acceptors (Lipinski definition) is 5. The van der Waals surface area contributed by atoms with E-state index in [1.807, 2.05) is 13.0 Å². The molecule has 1 aromatic rings. The fourth-order valence-electron chi connectivity index (χ4n) is 2.14. The van der Waals surface area contributed by atoms with Gasteiger partial charge in [-0.3, -0.25) is 9.59 Å². The zero-order chi connectivity index (χ0) is 15.2. The van der Waals surface area contributed by atoms with Crippen molar-refractivity contribution in [1.29, 1.82) is 0 Å². The summed E-state index contributed by atoms with van der Waals surface area (Å²) in [6.07, 6.45) is 2.04. The summed E-state index contributed by atoms with van der Waals surface area (Å²) in [7, 11) is 0. The summed E-state index contributed by atoms with van der Waals surface area (Å²) in [6.45, 7) is 3.43. The van der Waals surface area contributed by atoms with E-state index in [9.17, 15) is 9.59 Å². The molecule has 1 aliphatic heterocycles. The van der Waals surface area contributed by atoms with Gasteiger partial charge in [-0.25, -0.2) is 0 Å². The van der Waals surface area contributed by atoms with Crippen molar-refractivity contribution in [2.75, 3.05) is 25.0 Å². The van der Waals surface area contributed by atoms with E-state index < -0.39 is 6.10 Å². The van der Waals surface area contributed by atoms with Crippen LogP contribution >= 0.6 is 11.3 Å². The second-order valence-corrected chi connectivity index (χ2v) is 5.98. The molecule has 2 heterocycles. The van der Waals surface area contributed by atoms with Crippen LogP contribution in [0.4, 0.5) is 5.00 Å². The van der Waals surface area contributed by atoms with Gasteiger partial charge in [-0.2, -0.15) is 0 Å². The summed E-state index contributed by atoms with van der Waals surface area (Å²) in [5, 5.41) is 6.14. The first-order valence-electron chi connectivity index (χ1n) is 7.19. The summed E-state index contributed by atoms with van der Waals surface area (Å²) >= 11 is 1.43. The maximum Gasteiger partial charge on any atom is 0.254 e. The SMILES string of the molecule is CCc1cc(C(=O)NCCN)c(NC(=O)C2CCCO2)s1. The first-order chi connectivity index (χ1) is 10.2. The summed E-state index contributed by atoms with van der Waals surface area (Å²) in [6, 6.07) is 1.82. The van der Waals surface area contributed by atoms with Crippen LogP contribution in [0.5, 0.6) is 0 Å². The van der Waals surface area contributed by atoms with E-state index in [0.717, 1.165) is 24.1 Å². The molecule has 1 aliphatic rings. The van der Waals surface area contributed by atoms with Crippen LogP contribution in [0.15, 0.2) is 6.07 Å². The molecule has 0 aliphatic carbocycles. The lowest BCUT2D eigenvalue weighted by atomic mass is 10.2. The number of carbonyl (C=O) groups is 2. The maximum absolute atomic E-state index is 12.1. The molecule has 0 bridgehead atoms. The van der Waals surface area contributed by atoms with Gasteiger partial charge in [-0.15, -0.1) is 11.3 Å². The predicted molar refractivity (Wildman–Crippen MR) is 82.7 cm³/mol. The van der Waals surface area contributed by atoms with E-state index in [1.54, 1.807) is 0 Å². The predicted octanol–water partition coefficient (Wildman–Crippen LogP) is 1.12. The molecular weight excluding hydrogens is 290 g/mol. The van der Waals surface area contributed by atoms with Crippen molar-refractivity contribution < 1.29 is 14.3 Å². The molecule has 0 radical (unpaired) electrons. The topological polar surface area (TPSA) is 93.5 Å². The van der Waals surface area contributed by atoms with Crippen molar-refractivity contribution in [3.05, 3.63) is 16.5 Å². The molecule has 1 saturated heterocycles. The molecule has 21 heavy (non-hydrogen) atoms. The number of ether oxygens (including phenoxy) is 1. The third-order valence-electron chi connectivity index (χ3n) is 3.26. The lowest BCUT2D eigenvalue weighted by Gasteiger charge is -2.10. The van der Waals surface area contributed by atoms with Crippen LogP contribution < -0.4 is 16.4 Å². The van der Waals surface area contributed by atoms with Crippen LogP contribution in [0.2, 0.25) is 0 Å². The fourth-order valence-corrected chi connectivity index (χ4v) is 3.13. The van der Waals surface area contributed by atoms with Gasteiger partial charge in [-0.1, -0.05) is 6.92 Å². The third kappa shape index (κ3) is 4.03. The highest BCUT2D eigenvalue weighted by Crippen LogP contribution is 2.29. The molecule has 7 heteroatoms. The number of nitrogens with one attached hydrogen (secondary N) is 2. The van der Waals surface area contributed by atoms with Crippen LogP contribution in [0, 0.1) is 0 Å². The number of aryl methyl sites for hydroxylation is 1. The standard InChI is InChI=1S/C14H21N3O3S/c1-2-9-8-10(12(18)16-6-5-15)14(21-9)17-13(19)11-4-3-7-20-11/h8,11H,2-7,15H2,1H3,(H,16,18)(H,17,19). The molecule has 1 atom stereocenters. The minimum atomic E-state index is -0.405. The van der Waals surface area contributed by atoms with Crippen LogP contribution in [0.25, 0.3) is 0 Å². The Hall–Kier alpha value is -1.44. The maximum atomic E-state index is 12.1. The fraction of sp³-hybridized carbons (Fsp3) is 0.571. The molecule has 1 fully saturated rings. The molecule has 2 rings (SSSR count). The van der Waals surface area contributed by atoms with Gasteiger partial charge in [-0.05, 0) is 25.3 Å². The number of nitrogens with two attached hydrogens (primary N) is 1. The van der Waals surface area contributed by atoms with E-state index in [4.69, 9.17) is 10.5 Å². The van der Waals surface area contributed by atoms with E-state index in [-0.39, 0.29) is 11.8 Å². The Morgan fingerprint density at radius 1 is 1.52 bits per heavy atom. The molecule has 116 valence electrons. The molecule has 6 nitrogen and oxygen atoms in total. The average Bonchev–Trinajstić information content (AvgIpc) is 3.13. The van der Waals surface area contributed by atoms with Gasteiger partial charge in [0.05, 0.1) is 5.56 Å². The molecule has 1 unspecified atom stereocenters. The summed E-state index contributed by atoms with van der Waals surface area (Å²) < 4.78 is 5.36. The van der Waals surface area contributed by atoms with Crippen molar-refractivity contribution in [3.63, 3.8) is 0 Å². The lowest BCUT2D eigenvalue weighted by molar-refractivity contribution is -0.124.